The number of H-pyrrole nitrogens is 1. The van der Waals surface area contributed by atoms with Crippen LogP contribution in [0, 0.1) is 0 Å². The van der Waals surface area contributed by atoms with Crippen LogP contribution in [0.4, 0.5) is 0 Å². The molecular weight excluding hydrogens is 176 g/mol. The third-order valence-electron chi connectivity index (χ3n) is 2.93. The van der Waals surface area contributed by atoms with Gasteiger partial charge in [-0.2, -0.15) is 0 Å². The van der Waals surface area contributed by atoms with Crippen LogP contribution in [0.1, 0.15) is 42.3 Å². The van der Waals surface area contributed by atoms with Crippen LogP contribution in [0.2, 0.25) is 0 Å². The van der Waals surface area contributed by atoms with Gasteiger partial charge in [0.05, 0.1) is 6.10 Å². The number of rotatable bonds is 3. The van der Waals surface area contributed by atoms with E-state index < -0.39 is 6.10 Å². The van der Waals surface area contributed by atoms with Crippen molar-refractivity contribution in [2.24, 2.45) is 5.73 Å². The maximum Gasteiger partial charge on any atom is 0.0949 e. The van der Waals surface area contributed by atoms with Gasteiger partial charge in [0.15, 0.2) is 0 Å². The maximum absolute atomic E-state index is 9.76. The van der Waals surface area contributed by atoms with Gasteiger partial charge < -0.3 is 15.8 Å². The minimum Gasteiger partial charge on any atom is -0.387 e. The summed E-state index contributed by atoms with van der Waals surface area (Å²) in [6, 6.07) is 2.11. The van der Waals surface area contributed by atoms with E-state index in [1.165, 1.54) is 24.1 Å². The summed E-state index contributed by atoms with van der Waals surface area (Å²) in [7, 11) is 0. The van der Waals surface area contributed by atoms with Gasteiger partial charge in [0.1, 0.15) is 0 Å². The summed E-state index contributed by atoms with van der Waals surface area (Å²) in [6.07, 6.45) is 5.05. The number of aromatic amines is 1. The first kappa shape index (κ1) is 9.74. The molecule has 0 amide bonds. The van der Waals surface area contributed by atoms with Gasteiger partial charge in [0.25, 0.3) is 0 Å². The fourth-order valence-electron chi connectivity index (χ4n) is 2.12. The fraction of sp³-hybridized carbons (Fsp3) is 0.636. The molecule has 1 aliphatic carbocycles. The molecule has 1 aliphatic rings. The number of aryl methyl sites for hydroxylation is 2. The van der Waals surface area contributed by atoms with Crippen molar-refractivity contribution in [2.45, 2.75) is 38.2 Å². The van der Waals surface area contributed by atoms with Crippen LogP contribution in [-0.4, -0.2) is 16.6 Å². The summed E-state index contributed by atoms with van der Waals surface area (Å²) in [4.78, 5) is 3.31. The molecule has 1 aromatic heterocycles. The Morgan fingerprint density at radius 1 is 1.43 bits per heavy atom. The molecule has 1 atom stereocenters. The van der Waals surface area contributed by atoms with E-state index in [9.17, 15) is 5.11 Å². The van der Waals surface area contributed by atoms with Crippen molar-refractivity contribution in [3.05, 3.63) is 23.0 Å². The van der Waals surface area contributed by atoms with Gasteiger partial charge in [-0.15, -0.1) is 0 Å². The highest BCUT2D eigenvalue weighted by Gasteiger charge is 2.16. The Kier molecular flexibility index (Phi) is 2.89. The highest BCUT2D eigenvalue weighted by molar-refractivity contribution is 5.29. The molecule has 0 unspecified atom stereocenters. The first-order valence-electron chi connectivity index (χ1n) is 5.40. The number of aliphatic hydroxyl groups is 1. The van der Waals surface area contributed by atoms with Crippen molar-refractivity contribution in [3.63, 3.8) is 0 Å². The molecule has 3 nitrogen and oxygen atoms in total. The van der Waals surface area contributed by atoms with Gasteiger partial charge in [-0.3, -0.25) is 0 Å². The summed E-state index contributed by atoms with van der Waals surface area (Å²) >= 11 is 0. The second-order valence-electron chi connectivity index (χ2n) is 4.03. The predicted molar refractivity (Wildman–Crippen MR) is 56.1 cm³/mol. The molecule has 4 N–H and O–H groups in total. The van der Waals surface area contributed by atoms with Crippen LogP contribution in [0.5, 0.6) is 0 Å². The van der Waals surface area contributed by atoms with E-state index in [0.717, 1.165) is 18.5 Å². The van der Waals surface area contributed by atoms with E-state index in [0.29, 0.717) is 13.0 Å². The first-order chi connectivity index (χ1) is 6.81. The highest BCUT2D eigenvalue weighted by Crippen LogP contribution is 2.25. The smallest absolute Gasteiger partial charge is 0.0949 e. The number of nitrogens with one attached hydrogen (secondary N) is 1. The average molecular weight is 194 g/mol. The van der Waals surface area contributed by atoms with Crippen LogP contribution >= 0.6 is 0 Å². The van der Waals surface area contributed by atoms with E-state index in [1.807, 2.05) is 0 Å². The molecule has 78 valence electrons. The van der Waals surface area contributed by atoms with Gasteiger partial charge >= 0.3 is 0 Å². The highest BCUT2D eigenvalue weighted by atomic mass is 16.3. The second-order valence-corrected chi connectivity index (χ2v) is 4.03. The topological polar surface area (TPSA) is 62.0 Å². The first-order valence-corrected chi connectivity index (χ1v) is 5.40. The SMILES string of the molecule is NCC[C@H](O)c1cc2c([nH]1)CCCC2. The summed E-state index contributed by atoms with van der Waals surface area (Å²) in [5, 5.41) is 9.76. The van der Waals surface area contributed by atoms with Crippen molar-refractivity contribution >= 4 is 0 Å². The molecule has 0 aromatic carbocycles. The Hall–Kier alpha value is -0.800. The van der Waals surface area contributed by atoms with Crippen LogP contribution in [0.15, 0.2) is 6.07 Å². The molecule has 0 fully saturated rings. The molecule has 2 rings (SSSR count). The third kappa shape index (κ3) is 1.83. The van der Waals surface area contributed by atoms with E-state index in [1.54, 1.807) is 0 Å². The Morgan fingerprint density at radius 3 is 2.93 bits per heavy atom. The molecule has 0 radical (unpaired) electrons. The van der Waals surface area contributed by atoms with Gasteiger partial charge in [-0.1, -0.05) is 0 Å². The Labute approximate surface area is 84.3 Å². The van der Waals surface area contributed by atoms with Crippen LogP contribution in [0.3, 0.4) is 0 Å². The molecule has 1 heterocycles. The fourth-order valence-corrected chi connectivity index (χ4v) is 2.12. The number of hydrogen-bond donors (Lipinski definition) is 3. The molecule has 0 spiro atoms. The molecule has 0 bridgehead atoms. The standard InChI is InChI=1S/C11H18N2O/c12-6-5-11(14)10-7-8-3-1-2-4-9(8)13-10/h7,11,13-14H,1-6,12H2/t11-/m0/s1. The van der Waals surface area contributed by atoms with Crippen LogP contribution < -0.4 is 5.73 Å². The summed E-state index contributed by atoms with van der Waals surface area (Å²) in [6.45, 7) is 0.533. The van der Waals surface area contributed by atoms with E-state index >= 15 is 0 Å². The molecule has 0 saturated carbocycles. The van der Waals surface area contributed by atoms with Gasteiger partial charge in [0, 0.05) is 11.4 Å². The van der Waals surface area contributed by atoms with Gasteiger partial charge in [-0.25, -0.2) is 0 Å². The molecule has 0 aliphatic heterocycles. The number of aliphatic hydroxyl groups excluding tert-OH is 1. The van der Waals surface area contributed by atoms with Crippen LogP contribution in [-0.2, 0) is 12.8 Å². The molecular formula is C11H18N2O. The Bertz CT molecular complexity index is 283. The normalized spacial score (nSPS) is 17.9. The molecule has 3 heteroatoms. The average Bonchev–Trinajstić information content (AvgIpc) is 2.61. The Morgan fingerprint density at radius 2 is 2.21 bits per heavy atom. The predicted octanol–water partition coefficient (Wildman–Crippen LogP) is 1.28. The Balaban J connectivity index is 2.15. The van der Waals surface area contributed by atoms with E-state index in [4.69, 9.17) is 5.73 Å². The van der Waals surface area contributed by atoms with E-state index in [2.05, 4.69) is 11.1 Å². The second kappa shape index (κ2) is 4.15. The van der Waals surface area contributed by atoms with Crippen molar-refractivity contribution < 1.29 is 5.11 Å². The number of hydrogen-bond acceptors (Lipinski definition) is 2. The number of nitrogens with two attached hydrogens (primary N) is 1. The maximum atomic E-state index is 9.76. The zero-order chi connectivity index (χ0) is 9.97. The van der Waals surface area contributed by atoms with Crippen molar-refractivity contribution in [1.29, 1.82) is 0 Å². The number of fused-ring (bicyclic) bond motifs is 1. The lowest BCUT2D eigenvalue weighted by atomic mass is 9.98. The monoisotopic (exact) mass is 194 g/mol. The molecule has 14 heavy (non-hydrogen) atoms. The minimum atomic E-state index is -0.411. The third-order valence-corrected chi connectivity index (χ3v) is 2.93. The summed E-state index contributed by atoms with van der Waals surface area (Å²) in [5.74, 6) is 0. The van der Waals surface area contributed by atoms with Crippen LogP contribution in [0.25, 0.3) is 0 Å². The van der Waals surface area contributed by atoms with E-state index in [-0.39, 0.29) is 0 Å². The lowest BCUT2D eigenvalue weighted by Crippen LogP contribution is -2.07. The lowest BCUT2D eigenvalue weighted by Gasteiger charge is -2.09. The molecule has 1 aromatic rings. The van der Waals surface area contributed by atoms with Crippen molar-refractivity contribution in [3.8, 4) is 0 Å². The van der Waals surface area contributed by atoms with Crippen molar-refractivity contribution in [2.75, 3.05) is 6.54 Å². The minimum absolute atomic E-state index is 0.411. The zero-order valence-corrected chi connectivity index (χ0v) is 8.42. The number of aromatic nitrogens is 1. The zero-order valence-electron chi connectivity index (χ0n) is 8.42. The summed E-state index contributed by atoms with van der Waals surface area (Å²) < 4.78 is 0. The lowest BCUT2D eigenvalue weighted by molar-refractivity contribution is 0.166. The summed E-state index contributed by atoms with van der Waals surface area (Å²) in [5.41, 5.74) is 9.07. The molecule has 0 saturated heterocycles. The van der Waals surface area contributed by atoms with Gasteiger partial charge in [0.2, 0.25) is 0 Å². The van der Waals surface area contributed by atoms with Crippen molar-refractivity contribution in [1.82, 2.24) is 4.98 Å². The van der Waals surface area contributed by atoms with Gasteiger partial charge in [-0.05, 0) is 50.3 Å². The quantitative estimate of drug-likeness (QED) is 0.678. The largest absolute Gasteiger partial charge is 0.387 e.